The molecule has 3 aromatic heterocycles. The van der Waals surface area contributed by atoms with E-state index in [-0.39, 0.29) is 0 Å². The predicted octanol–water partition coefficient (Wildman–Crippen LogP) is 4.50. The molecule has 52 heavy (non-hydrogen) atoms. The zero-order valence-corrected chi connectivity index (χ0v) is 26.8. The van der Waals surface area contributed by atoms with Crippen molar-refractivity contribution in [3.05, 3.63) is 72.6 Å². The minimum Gasteiger partial charge on any atom is -0.491 e. The third kappa shape index (κ3) is 14.1. The van der Waals surface area contributed by atoms with Gasteiger partial charge in [0.15, 0.2) is 0 Å². The summed E-state index contributed by atoms with van der Waals surface area (Å²) >= 11 is 0. The van der Waals surface area contributed by atoms with Crippen LogP contribution in [0.3, 0.4) is 0 Å². The van der Waals surface area contributed by atoms with E-state index in [0.717, 1.165) is 39.0 Å². The summed E-state index contributed by atoms with van der Waals surface area (Å²) in [6.07, 6.45) is -8.32. The van der Waals surface area contributed by atoms with E-state index >= 15 is 0 Å². The van der Waals surface area contributed by atoms with Gasteiger partial charge in [-0.15, -0.1) is 5.10 Å². The van der Waals surface area contributed by atoms with Crippen LogP contribution in [0, 0.1) is 0 Å². The number of rotatable bonds is 13. The lowest BCUT2D eigenvalue weighted by atomic mass is 10.2. The molecule has 0 amide bonds. The lowest BCUT2D eigenvalue weighted by molar-refractivity contribution is -0.193. The fraction of sp³-hybridized carbons (Fsp3) is 0.290. The number of alkyl halides is 6. The van der Waals surface area contributed by atoms with E-state index in [1.54, 1.807) is 16.8 Å². The van der Waals surface area contributed by atoms with Gasteiger partial charge in [0.2, 0.25) is 0 Å². The van der Waals surface area contributed by atoms with Gasteiger partial charge in [-0.05, 0) is 60.7 Å². The van der Waals surface area contributed by atoms with Crippen LogP contribution in [0.25, 0.3) is 21.8 Å². The van der Waals surface area contributed by atoms with Gasteiger partial charge in [-0.2, -0.15) is 26.3 Å². The SMILES string of the molecule is Nc1ccc2cc(OCCOCCOCCn3cc(COc4ccc5nc(N)ccc5c4)nn3)ccc2n1.O=C(O)C(F)(F)F.O=C(O)C(F)(F)F. The average molecular weight is 744 g/mol. The zero-order chi connectivity index (χ0) is 38.3. The normalized spacial score (nSPS) is 11.3. The van der Waals surface area contributed by atoms with Gasteiger partial charge in [-0.25, -0.2) is 24.2 Å². The number of halogens is 6. The first-order valence-corrected chi connectivity index (χ1v) is 14.7. The second-order valence-corrected chi connectivity index (χ2v) is 10.1. The molecule has 0 unspecified atom stereocenters. The third-order valence-corrected chi connectivity index (χ3v) is 6.16. The fourth-order valence-corrected chi connectivity index (χ4v) is 3.79. The highest BCUT2D eigenvalue weighted by molar-refractivity contribution is 5.82. The van der Waals surface area contributed by atoms with Crippen LogP contribution in [0.5, 0.6) is 11.5 Å². The molecule has 0 bridgehead atoms. The van der Waals surface area contributed by atoms with Gasteiger partial charge in [0, 0.05) is 10.8 Å². The number of aliphatic carboxylic acids is 2. The zero-order valence-electron chi connectivity index (χ0n) is 26.8. The molecule has 3 heterocycles. The number of nitrogens with zero attached hydrogens (tertiary/aromatic N) is 5. The second-order valence-electron chi connectivity index (χ2n) is 10.1. The average Bonchev–Trinajstić information content (AvgIpc) is 3.54. The Bertz CT molecular complexity index is 1900. The monoisotopic (exact) mass is 743 g/mol. The van der Waals surface area contributed by atoms with Gasteiger partial charge >= 0.3 is 24.3 Å². The van der Waals surface area contributed by atoms with Gasteiger partial charge in [0.1, 0.15) is 42.0 Å². The number of hydrogen-bond donors (Lipinski definition) is 4. The van der Waals surface area contributed by atoms with Crippen molar-refractivity contribution in [3.8, 4) is 11.5 Å². The van der Waals surface area contributed by atoms with E-state index in [1.807, 2.05) is 54.7 Å². The molecular formula is C31H31F6N7O8. The molecule has 0 aliphatic rings. The highest BCUT2D eigenvalue weighted by atomic mass is 19.4. The molecule has 0 aliphatic heterocycles. The van der Waals surface area contributed by atoms with Crippen LogP contribution in [-0.4, -0.2) is 92.5 Å². The van der Waals surface area contributed by atoms with Gasteiger partial charge in [0.05, 0.1) is 50.2 Å². The van der Waals surface area contributed by atoms with Crippen molar-refractivity contribution in [3.63, 3.8) is 0 Å². The van der Waals surface area contributed by atoms with Crippen LogP contribution < -0.4 is 20.9 Å². The third-order valence-electron chi connectivity index (χ3n) is 6.16. The summed E-state index contributed by atoms with van der Waals surface area (Å²) in [5.74, 6) is -3.03. The van der Waals surface area contributed by atoms with E-state index in [0.29, 0.717) is 57.8 Å². The quantitative estimate of drug-likeness (QED) is 0.0964. The minimum absolute atomic E-state index is 0.315. The van der Waals surface area contributed by atoms with Crippen LogP contribution in [0.4, 0.5) is 38.0 Å². The molecule has 5 rings (SSSR count). The van der Waals surface area contributed by atoms with Crippen molar-refractivity contribution in [2.45, 2.75) is 25.5 Å². The molecule has 0 fully saturated rings. The molecule has 0 saturated carbocycles. The molecule has 0 atom stereocenters. The second kappa shape index (κ2) is 18.9. The predicted molar refractivity (Wildman–Crippen MR) is 171 cm³/mol. The van der Waals surface area contributed by atoms with Crippen LogP contribution in [0.2, 0.25) is 0 Å². The summed E-state index contributed by atoms with van der Waals surface area (Å²) < 4.78 is 88.0. The Balaban J connectivity index is 0.000000441. The van der Waals surface area contributed by atoms with E-state index in [4.69, 9.17) is 50.2 Å². The van der Waals surface area contributed by atoms with E-state index < -0.39 is 24.3 Å². The van der Waals surface area contributed by atoms with Crippen molar-refractivity contribution in [2.24, 2.45) is 0 Å². The highest BCUT2D eigenvalue weighted by Crippen LogP contribution is 2.22. The number of aromatic nitrogens is 5. The lowest BCUT2D eigenvalue weighted by Gasteiger charge is -2.09. The molecule has 0 saturated heterocycles. The van der Waals surface area contributed by atoms with Crippen LogP contribution in [0.1, 0.15) is 5.69 Å². The molecule has 280 valence electrons. The van der Waals surface area contributed by atoms with Crippen LogP contribution >= 0.6 is 0 Å². The number of anilines is 2. The number of nitrogens with two attached hydrogens (primary N) is 2. The Morgan fingerprint density at radius 1 is 0.673 bits per heavy atom. The number of carboxylic acid groups (broad SMARTS) is 2. The van der Waals surface area contributed by atoms with Crippen molar-refractivity contribution >= 4 is 45.4 Å². The smallest absolute Gasteiger partial charge is 0.490 e. The molecule has 0 radical (unpaired) electrons. The maximum atomic E-state index is 10.6. The Morgan fingerprint density at radius 2 is 1.13 bits per heavy atom. The fourth-order valence-electron chi connectivity index (χ4n) is 3.79. The molecular weight excluding hydrogens is 712 g/mol. The molecule has 0 aliphatic carbocycles. The highest BCUT2D eigenvalue weighted by Gasteiger charge is 2.38. The largest absolute Gasteiger partial charge is 0.491 e. The van der Waals surface area contributed by atoms with Crippen molar-refractivity contribution in [1.82, 2.24) is 25.0 Å². The van der Waals surface area contributed by atoms with E-state index in [2.05, 4.69) is 20.3 Å². The molecule has 2 aromatic carbocycles. The molecule has 6 N–H and O–H groups in total. The first kappa shape index (κ1) is 40.5. The Labute approximate surface area is 289 Å². The topological polar surface area (TPSA) is 220 Å². The Morgan fingerprint density at radius 3 is 1.63 bits per heavy atom. The summed E-state index contributed by atoms with van der Waals surface area (Å²) in [6.45, 7) is 3.28. The van der Waals surface area contributed by atoms with E-state index in [1.165, 1.54) is 0 Å². The summed E-state index contributed by atoms with van der Waals surface area (Å²) in [5.41, 5.74) is 13.8. The first-order chi connectivity index (χ1) is 24.5. The number of benzene rings is 2. The lowest BCUT2D eigenvalue weighted by Crippen LogP contribution is -2.21. The summed E-state index contributed by atoms with van der Waals surface area (Å²) in [6, 6.07) is 18.7. The van der Waals surface area contributed by atoms with Crippen molar-refractivity contribution in [1.29, 1.82) is 0 Å². The number of nitrogen functional groups attached to an aromatic ring is 2. The summed E-state index contributed by atoms with van der Waals surface area (Å²) in [7, 11) is 0. The van der Waals surface area contributed by atoms with Gasteiger partial charge in [-0.3, -0.25) is 0 Å². The number of carbonyl (C=O) groups is 2. The van der Waals surface area contributed by atoms with Crippen molar-refractivity contribution in [2.75, 3.05) is 44.5 Å². The Hall–Kier alpha value is -5.96. The van der Waals surface area contributed by atoms with E-state index in [9.17, 15) is 26.3 Å². The molecule has 0 spiro atoms. The summed E-state index contributed by atoms with van der Waals surface area (Å²) in [4.78, 5) is 26.4. The molecule has 5 aromatic rings. The van der Waals surface area contributed by atoms with Crippen LogP contribution in [0.15, 0.2) is 66.9 Å². The van der Waals surface area contributed by atoms with Crippen LogP contribution in [-0.2, 0) is 32.2 Å². The number of hydrogen-bond acceptors (Lipinski definition) is 12. The maximum absolute atomic E-state index is 10.6. The number of ether oxygens (including phenoxy) is 4. The standard InChI is InChI=1S/C27H29N7O4.2C2HF3O2/c28-26-7-1-19-15-22(3-5-24(19)30-26)37-14-13-36-12-11-35-10-9-34-17-21(32-33-34)18-38-23-4-6-25-20(16-23)2-8-27(29)31-25;2*3-2(4,5)1(6)7/h1-8,15-17H,9-14,18H2,(H2,28,30)(H2,29,31);2*(H,6,7). The first-order valence-electron chi connectivity index (χ1n) is 14.7. The Kier molecular flexibility index (Phi) is 14.7. The number of carboxylic acids is 2. The number of fused-ring (bicyclic) bond motifs is 2. The van der Waals surface area contributed by atoms with Crippen molar-refractivity contribution < 1.29 is 65.1 Å². The molecule has 15 nitrogen and oxygen atoms in total. The van der Waals surface area contributed by atoms with Gasteiger partial charge in [-0.1, -0.05) is 5.21 Å². The minimum atomic E-state index is -5.08. The maximum Gasteiger partial charge on any atom is 0.490 e. The molecule has 21 heteroatoms. The summed E-state index contributed by atoms with van der Waals surface area (Å²) in [5, 5.41) is 24.5. The van der Waals surface area contributed by atoms with Gasteiger partial charge < -0.3 is 40.6 Å². The van der Waals surface area contributed by atoms with Gasteiger partial charge in [0.25, 0.3) is 0 Å². The number of pyridine rings is 2.